The van der Waals surface area contributed by atoms with Crippen molar-refractivity contribution in [3.05, 3.63) is 23.0 Å². The highest BCUT2D eigenvalue weighted by molar-refractivity contribution is 6.30. The minimum atomic E-state index is -0.486. The average molecular weight is 413 g/mol. The number of carbonyl (C=O) groups excluding carboxylic acids is 1. The van der Waals surface area contributed by atoms with E-state index in [0.29, 0.717) is 36.4 Å². The molecule has 4 rings (SSSR count). The first-order valence-corrected chi connectivity index (χ1v) is 10.3. The summed E-state index contributed by atoms with van der Waals surface area (Å²) >= 11 is 5.91. The molecule has 1 atom stereocenters. The number of amides is 1. The summed E-state index contributed by atoms with van der Waals surface area (Å²) in [5.41, 5.74) is 0. The molecule has 28 heavy (non-hydrogen) atoms. The Morgan fingerprint density at radius 3 is 2.82 bits per heavy atom. The van der Waals surface area contributed by atoms with Gasteiger partial charge in [0.05, 0.1) is 6.61 Å². The third kappa shape index (κ3) is 4.70. The first kappa shape index (κ1) is 19.7. The summed E-state index contributed by atoms with van der Waals surface area (Å²) in [5, 5.41) is 0.306. The number of fused-ring (bicyclic) bond motifs is 1. The van der Waals surface area contributed by atoms with E-state index in [-0.39, 0.29) is 24.4 Å². The number of carbonyl (C=O) groups is 1. The lowest BCUT2D eigenvalue weighted by molar-refractivity contribution is -0.142. The lowest BCUT2D eigenvalue weighted by Crippen LogP contribution is -2.45. The van der Waals surface area contributed by atoms with Crippen LogP contribution in [0.5, 0.6) is 11.5 Å². The third-order valence-corrected chi connectivity index (χ3v) is 5.96. The van der Waals surface area contributed by atoms with Crippen molar-refractivity contribution in [1.29, 1.82) is 0 Å². The molecule has 0 aliphatic carbocycles. The Kier molecular flexibility index (Phi) is 6.23. The molecule has 0 radical (unpaired) electrons. The zero-order valence-corrected chi connectivity index (χ0v) is 16.6. The summed E-state index contributed by atoms with van der Waals surface area (Å²) in [6.07, 6.45) is 3.15. The largest absolute Gasteiger partial charge is 0.483 e. The number of hydrogen-bond donors (Lipinski definition) is 0. The molecule has 3 aliphatic heterocycles. The number of halogens is 2. The Bertz CT molecular complexity index is 712. The van der Waals surface area contributed by atoms with E-state index in [4.69, 9.17) is 25.8 Å². The Morgan fingerprint density at radius 1 is 1.21 bits per heavy atom. The second kappa shape index (κ2) is 8.84. The predicted molar refractivity (Wildman–Crippen MR) is 103 cm³/mol. The number of ether oxygens (including phenoxy) is 3. The fraction of sp³-hybridized carbons (Fsp3) is 0.650. The summed E-state index contributed by atoms with van der Waals surface area (Å²) in [7, 11) is 0. The second-order valence-corrected chi connectivity index (χ2v) is 8.17. The van der Waals surface area contributed by atoms with Crippen LogP contribution in [0.15, 0.2) is 12.1 Å². The highest BCUT2D eigenvalue weighted by atomic mass is 35.5. The first-order chi connectivity index (χ1) is 13.6. The zero-order chi connectivity index (χ0) is 19.5. The van der Waals surface area contributed by atoms with Crippen LogP contribution in [0.2, 0.25) is 5.02 Å². The number of piperidine rings is 1. The van der Waals surface area contributed by atoms with Crippen LogP contribution in [-0.2, 0) is 9.53 Å². The molecular formula is C20H26ClFN2O4. The van der Waals surface area contributed by atoms with E-state index in [1.165, 1.54) is 6.07 Å². The maximum atomic E-state index is 13.9. The molecule has 3 heterocycles. The molecule has 0 bridgehead atoms. The summed E-state index contributed by atoms with van der Waals surface area (Å²) in [6.45, 7) is 5.49. The topological polar surface area (TPSA) is 51.2 Å². The molecule has 0 aromatic heterocycles. The maximum Gasteiger partial charge on any atom is 0.248 e. The Hall–Kier alpha value is -1.57. The second-order valence-electron chi connectivity index (χ2n) is 7.73. The van der Waals surface area contributed by atoms with E-state index < -0.39 is 5.82 Å². The van der Waals surface area contributed by atoms with Gasteiger partial charge in [0.15, 0.2) is 17.3 Å². The van der Waals surface area contributed by atoms with Crippen LogP contribution in [0.25, 0.3) is 0 Å². The molecule has 1 aromatic carbocycles. The van der Waals surface area contributed by atoms with Gasteiger partial charge in [-0.15, -0.1) is 0 Å². The van der Waals surface area contributed by atoms with Gasteiger partial charge in [-0.25, -0.2) is 4.39 Å². The normalized spacial score (nSPS) is 23.9. The van der Waals surface area contributed by atoms with Crippen molar-refractivity contribution in [2.24, 2.45) is 5.92 Å². The van der Waals surface area contributed by atoms with Crippen LogP contribution in [-0.4, -0.2) is 74.4 Å². The van der Waals surface area contributed by atoms with Gasteiger partial charge in [-0.05, 0) is 44.3 Å². The van der Waals surface area contributed by atoms with Gasteiger partial charge in [0, 0.05) is 30.7 Å². The molecule has 6 nitrogen and oxygen atoms in total. The Labute approximate surface area is 169 Å². The lowest BCUT2D eigenvalue weighted by atomic mass is 9.93. The van der Waals surface area contributed by atoms with E-state index in [0.717, 1.165) is 45.4 Å². The number of benzene rings is 1. The number of hydrogen-bond acceptors (Lipinski definition) is 5. The minimum Gasteiger partial charge on any atom is -0.483 e. The minimum absolute atomic E-state index is 0.106. The predicted octanol–water partition coefficient (Wildman–Crippen LogP) is 2.58. The molecule has 1 aromatic rings. The monoisotopic (exact) mass is 412 g/mol. The van der Waals surface area contributed by atoms with Gasteiger partial charge in [0.2, 0.25) is 5.91 Å². The van der Waals surface area contributed by atoms with Gasteiger partial charge >= 0.3 is 0 Å². The smallest absolute Gasteiger partial charge is 0.248 e. The molecule has 2 fully saturated rings. The van der Waals surface area contributed by atoms with Crippen molar-refractivity contribution in [3.8, 4) is 11.5 Å². The molecule has 0 saturated carbocycles. The van der Waals surface area contributed by atoms with Gasteiger partial charge in [0.25, 0.3) is 0 Å². The molecule has 0 N–H and O–H groups in total. The molecule has 0 spiro atoms. The first-order valence-electron chi connectivity index (χ1n) is 9.95. The zero-order valence-electron chi connectivity index (χ0n) is 15.9. The molecule has 8 heteroatoms. The number of rotatable bonds is 5. The van der Waals surface area contributed by atoms with Crippen LogP contribution in [0.3, 0.4) is 0 Å². The van der Waals surface area contributed by atoms with Gasteiger partial charge in [-0.3, -0.25) is 9.69 Å². The number of nitrogens with zero attached hydrogens (tertiary/aromatic N) is 2. The van der Waals surface area contributed by atoms with Gasteiger partial charge in [0.1, 0.15) is 19.3 Å². The number of morpholine rings is 1. The van der Waals surface area contributed by atoms with Gasteiger partial charge in [-0.1, -0.05) is 11.6 Å². The van der Waals surface area contributed by atoms with E-state index in [9.17, 15) is 9.18 Å². The van der Waals surface area contributed by atoms with E-state index in [1.54, 1.807) is 6.07 Å². The Morgan fingerprint density at radius 2 is 2.04 bits per heavy atom. The van der Waals surface area contributed by atoms with Crippen molar-refractivity contribution in [2.75, 3.05) is 52.5 Å². The SMILES string of the molecule is O=C1COCCN1CCC1CCN(CC2COc3c(F)cc(Cl)cc3O2)CC1. The molecule has 154 valence electrons. The van der Waals surface area contributed by atoms with Crippen LogP contribution in [0, 0.1) is 11.7 Å². The fourth-order valence-corrected chi connectivity index (χ4v) is 4.31. The van der Waals surface area contributed by atoms with Crippen molar-refractivity contribution in [3.63, 3.8) is 0 Å². The molecule has 2 saturated heterocycles. The third-order valence-electron chi connectivity index (χ3n) is 5.74. The maximum absolute atomic E-state index is 13.9. The van der Waals surface area contributed by atoms with Gasteiger partial charge in [-0.2, -0.15) is 0 Å². The Balaban J connectivity index is 1.21. The highest BCUT2D eigenvalue weighted by Gasteiger charge is 2.28. The molecule has 1 unspecified atom stereocenters. The van der Waals surface area contributed by atoms with Crippen LogP contribution < -0.4 is 9.47 Å². The van der Waals surface area contributed by atoms with Crippen LogP contribution >= 0.6 is 11.6 Å². The molecule has 3 aliphatic rings. The van der Waals surface area contributed by atoms with E-state index in [1.807, 2.05) is 4.90 Å². The molecule has 1 amide bonds. The van der Waals surface area contributed by atoms with Crippen molar-refractivity contribution < 1.29 is 23.4 Å². The summed E-state index contributed by atoms with van der Waals surface area (Å²) in [4.78, 5) is 16.1. The summed E-state index contributed by atoms with van der Waals surface area (Å²) in [6, 6.07) is 2.84. The van der Waals surface area contributed by atoms with E-state index >= 15 is 0 Å². The van der Waals surface area contributed by atoms with Crippen molar-refractivity contribution >= 4 is 17.5 Å². The quantitative estimate of drug-likeness (QED) is 0.744. The van der Waals surface area contributed by atoms with Gasteiger partial charge < -0.3 is 19.1 Å². The summed E-state index contributed by atoms with van der Waals surface area (Å²) in [5.74, 6) is 0.794. The fourth-order valence-electron chi connectivity index (χ4n) is 4.11. The van der Waals surface area contributed by atoms with Crippen molar-refractivity contribution in [1.82, 2.24) is 9.80 Å². The van der Waals surface area contributed by atoms with Crippen LogP contribution in [0.1, 0.15) is 19.3 Å². The standard InChI is InChI=1S/C20H26ClFN2O4/c21-15-9-17(22)20-18(10-15)28-16(12-27-20)11-23-4-1-14(2-5-23)3-6-24-7-8-26-13-19(24)25/h9-10,14,16H,1-8,11-13H2. The van der Waals surface area contributed by atoms with E-state index in [2.05, 4.69) is 4.90 Å². The average Bonchev–Trinajstić information content (AvgIpc) is 2.68. The highest BCUT2D eigenvalue weighted by Crippen LogP contribution is 2.37. The summed E-state index contributed by atoms with van der Waals surface area (Å²) < 4.78 is 30.5. The molecular weight excluding hydrogens is 387 g/mol. The lowest BCUT2D eigenvalue weighted by Gasteiger charge is -2.36. The van der Waals surface area contributed by atoms with Crippen molar-refractivity contribution in [2.45, 2.75) is 25.4 Å². The van der Waals surface area contributed by atoms with Crippen LogP contribution in [0.4, 0.5) is 4.39 Å². The number of likely N-dealkylation sites (tertiary alicyclic amines) is 1.